The summed E-state index contributed by atoms with van der Waals surface area (Å²) in [6.07, 6.45) is 1.73. The summed E-state index contributed by atoms with van der Waals surface area (Å²) in [5.41, 5.74) is -1.42. The summed E-state index contributed by atoms with van der Waals surface area (Å²) in [5, 5.41) is 5.83. The van der Waals surface area contributed by atoms with Crippen molar-refractivity contribution in [3.8, 4) is 0 Å². The van der Waals surface area contributed by atoms with Crippen LogP contribution in [0.15, 0.2) is 29.3 Å². The lowest BCUT2D eigenvalue weighted by Gasteiger charge is -2.25. The van der Waals surface area contributed by atoms with Gasteiger partial charge in [0.15, 0.2) is 10.0 Å². The van der Waals surface area contributed by atoms with Gasteiger partial charge in [0, 0.05) is 10.6 Å². The standard InChI is InChI=1S/C12H10Cl3N3O2S/c1-21-11-16-10(20)12(18-11,9(14)15)17-8(19)6-2-4-7(13)5-3-6/h2-5,9H,1H3,(H,17,19)(H,16,18,20)/t12-/m1/s1. The molecule has 0 aliphatic carbocycles. The van der Waals surface area contributed by atoms with Gasteiger partial charge in [-0.05, 0) is 30.5 Å². The Morgan fingerprint density at radius 3 is 2.48 bits per heavy atom. The smallest absolute Gasteiger partial charge is 0.277 e. The molecule has 0 radical (unpaired) electrons. The zero-order chi connectivity index (χ0) is 15.6. The highest BCUT2D eigenvalue weighted by molar-refractivity contribution is 8.13. The number of amidine groups is 1. The van der Waals surface area contributed by atoms with Crippen LogP contribution < -0.4 is 10.6 Å². The van der Waals surface area contributed by atoms with Gasteiger partial charge in [-0.25, -0.2) is 4.99 Å². The number of carbonyl (C=O) groups is 2. The third-order valence-electron chi connectivity index (χ3n) is 2.76. The molecule has 112 valence electrons. The van der Waals surface area contributed by atoms with E-state index < -0.39 is 22.3 Å². The van der Waals surface area contributed by atoms with Gasteiger partial charge >= 0.3 is 0 Å². The molecule has 1 aliphatic heterocycles. The molecular weight excluding hydrogens is 357 g/mol. The van der Waals surface area contributed by atoms with Crippen LogP contribution in [0, 0.1) is 0 Å². The molecule has 9 heteroatoms. The average Bonchev–Trinajstić information content (AvgIpc) is 2.77. The number of hydrogen-bond acceptors (Lipinski definition) is 4. The Hall–Kier alpha value is -0.950. The molecule has 1 aromatic carbocycles. The lowest BCUT2D eigenvalue weighted by Crippen LogP contribution is -2.58. The van der Waals surface area contributed by atoms with Crippen LogP contribution in [0.4, 0.5) is 0 Å². The largest absolute Gasteiger partial charge is 0.318 e. The number of thioether (sulfide) groups is 1. The summed E-state index contributed by atoms with van der Waals surface area (Å²) < 4.78 is 0. The molecular formula is C12H10Cl3N3O2S. The van der Waals surface area contributed by atoms with Crippen LogP contribution in [0.25, 0.3) is 0 Å². The zero-order valence-electron chi connectivity index (χ0n) is 10.7. The summed E-state index contributed by atoms with van der Waals surface area (Å²) in [6.45, 7) is 0. The molecule has 5 nitrogen and oxygen atoms in total. The van der Waals surface area contributed by atoms with Crippen molar-refractivity contribution in [2.45, 2.75) is 10.5 Å². The topological polar surface area (TPSA) is 70.6 Å². The van der Waals surface area contributed by atoms with Gasteiger partial charge in [0.25, 0.3) is 11.8 Å². The molecule has 0 saturated carbocycles. The van der Waals surface area contributed by atoms with Crippen molar-refractivity contribution in [3.63, 3.8) is 0 Å². The molecule has 1 heterocycles. The van der Waals surface area contributed by atoms with Crippen LogP contribution in [-0.4, -0.2) is 33.7 Å². The minimum Gasteiger partial charge on any atom is -0.318 e. The number of alkyl halides is 2. The van der Waals surface area contributed by atoms with E-state index in [2.05, 4.69) is 15.6 Å². The molecule has 0 fully saturated rings. The Kier molecular flexibility index (Phi) is 5.03. The molecule has 2 N–H and O–H groups in total. The molecule has 0 aromatic heterocycles. The van der Waals surface area contributed by atoms with Gasteiger partial charge in [-0.3, -0.25) is 9.59 Å². The van der Waals surface area contributed by atoms with E-state index in [-0.39, 0.29) is 0 Å². The van der Waals surface area contributed by atoms with Crippen molar-refractivity contribution in [1.82, 2.24) is 10.6 Å². The van der Waals surface area contributed by atoms with Gasteiger partial charge in [0.2, 0.25) is 5.66 Å². The van der Waals surface area contributed by atoms with E-state index in [0.29, 0.717) is 15.8 Å². The predicted octanol–water partition coefficient (Wildman–Crippen LogP) is 2.42. The first-order valence-electron chi connectivity index (χ1n) is 5.70. The fourth-order valence-electron chi connectivity index (χ4n) is 1.66. The van der Waals surface area contributed by atoms with E-state index >= 15 is 0 Å². The van der Waals surface area contributed by atoms with Crippen LogP contribution in [0.5, 0.6) is 0 Å². The normalized spacial score (nSPS) is 21.2. The Morgan fingerprint density at radius 1 is 1.38 bits per heavy atom. The van der Waals surface area contributed by atoms with Crippen LogP contribution in [0.3, 0.4) is 0 Å². The molecule has 0 spiro atoms. The molecule has 2 amide bonds. The minimum absolute atomic E-state index is 0.313. The van der Waals surface area contributed by atoms with E-state index in [4.69, 9.17) is 34.8 Å². The van der Waals surface area contributed by atoms with Crippen molar-refractivity contribution < 1.29 is 9.59 Å². The Labute approximate surface area is 140 Å². The van der Waals surface area contributed by atoms with E-state index in [1.807, 2.05) is 0 Å². The first-order chi connectivity index (χ1) is 9.89. The van der Waals surface area contributed by atoms with Gasteiger partial charge in [-0.15, -0.1) is 0 Å². The third-order valence-corrected chi connectivity index (χ3v) is 4.23. The highest BCUT2D eigenvalue weighted by atomic mass is 35.5. The van der Waals surface area contributed by atoms with E-state index in [0.717, 1.165) is 0 Å². The van der Waals surface area contributed by atoms with E-state index in [9.17, 15) is 9.59 Å². The molecule has 0 saturated heterocycles. The van der Waals surface area contributed by atoms with Gasteiger partial charge < -0.3 is 10.6 Å². The average molecular weight is 367 g/mol. The Balaban J connectivity index is 2.29. The number of aliphatic imine (C=N–C) groups is 1. The van der Waals surface area contributed by atoms with Gasteiger partial charge in [0.1, 0.15) is 0 Å². The minimum atomic E-state index is -1.74. The molecule has 1 aromatic rings. The number of halogens is 3. The summed E-state index contributed by atoms with van der Waals surface area (Å²) in [6, 6.07) is 6.17. The predicted molar refractivity (Wildman–Crippen MR) is 86.2 cm³/mol. The van der Waals surface area contributed by atoms with Crippen molar-refractivity contribution in [1.29, 1.82) is 0 Å². The fraction of sp³-hybridized carbons (Fsp3) is 0.250. The second-order valence-electron chi connectivity index (χ2n) is 4.10. The number of nitrogens with one attached hydrogen (secondary N) is 2. The maximum Gasteiger partial charge on any atom is 0.277 e. The van der Waals surface area contributed by atoms with Crippen molar-refractivity contribution in [2.75, 3.05) is 6.26 Å². The first kappa shape index (κ1) is 16.4. The van der Waals surface area contributed by atoms with Crippen LogP contribution in [-0.2, 0) is 4.79 Å². The maximum atomic E-state index is 12.2. The molecule has 0 bridgehead atoms. The lowest BCUT2D eigenvalue weighted by molar-refractivity contribution is -0.124. The SMILES string of the molecule is CSC1=N[C@](NC(=O)c2ccc(Cl)cc2)(C(Cl)Cl)C(=O)N1. The number of nitrogens with zero attached hydrogens (tertiary/aromatic N) is 1. The summed E-state index contributed by atoms with van der Waals surface area (Å²) in [4.78, 5) is 27.2. The van der Waals surface area contributed by atoms with Gasteiger partial charge in [-0.2, -0.15) is 0 Å². The van der Waals surface area contributed by atoms with Crippen molar-refractivity contribution in [3.05, 3.63) is 34.9 Å². The third kappa shape index (κ3) is 3.29. The number of carbonyl (C=O) groups excluding carboxylic acids is 2. The lowest BCUT2D eigenvalue weighted by atomic mass is 10.1. The second kappa shape index (κ2) is 6.44. The molecule has 1 atom stereocenters. The van der Waals surface area contributed by atoms with Crippen LogP contribution in [0.1, 0.15) is 10.4 Å². The van der Waals surface area contributed by atoms with E-state index in [1.54, 1.807) is 18.4 Å². The van der Waals surface area contributed by atoms with Gasteiger partial charge in [0.05, 0.1) is 0 Å². The number of rotatable bonds is 3. The molecule has 1 aliphatic rings. The Morgan fingerprint density at radius 2 is 2.00 bits per heavy atom. The monoisotopic (exact) mass is 365 g/mol. The maximum absolute atomic E-state index is 12.2. The Bertz CT molecular complexity index is 606. The summed E-state index contributed by atoms with van der Waals surface area (Å²) in [5.74, 6) is -1.11. The van der Waals surface area contributed by atoms with Crippen molar-refractivity contribution in [2.24, 2.45) is 4.99 Å². The quantitative estimate of drug-likeness (QED) is 0.807. The summed E-state index contributed by atoms with van der Waals surface area (Å²) >= 11 is 18.7. The number of benzene rings is 1. The number of hydrogen-bond donors (Lipinski definition) is 2. The van der Waals surface area contributed by atoms with E-state index in [1.165, 1.54) is 23.9 Å². The highest BCUT2D eigenvalue weighted by Gasteiger charge is 2.50. The van der Waals surface area contributed by atoms with Crippen LogP contribution in [0.2, 0.25) is 5.02 Å². The fourth-order valence-corrected chi connectivity index (χ4v) is 2.62. The van der Waals surface area contributed by atoms with Gasteiger partial charge in [-0.1, -0.05) is 46.6 Å². The second-order valence-corrected chi connectivity index (χ2v) is 6.43. The van der Waals surface area contributed by atoms with Crippen molar-refractivity contribution >= 4 is 63.5 Å². The molecule has 21 heavy (non-hydrogen) atoms. The molecule has 0 unspecified atom stereocenters. The summed E-state index contributed by atoms with van der Waals surface area (Å²) in [7, 11) is 0. The zero-order valence-corrected chi connectivity index (χ0v) is 13.8. The van der Waals surface area contributed by atoms with Crippen LogP contribution >= 0.6 is 46.6 Å². The number of amides is 2. The first-order valence-corrected chi connectivity index (χ1v) is 8.18. The molecule has 2 rings (SSSR count). The highest BCUT2D eigenvalue weighted by Crippen LogP contribution is 2.28.